The molecule has 0 saturated heterocycles. The third-order valence-corrected chi connectivity index (χ3v) is 3.47. The first-order valence-electron chi connectivity index (χ1n) is 7.63. The first kappa shape index (κ1) is 16.6. The van der Waals surface area contributed by atoms with E-state index in [1.54, 1.807) is 19.2 Å². The van der Waals surface area contributed by atoms with Crippen molar-refractivity contribution in [3.63, 3.8) is 0 Å². The molecule has 2 N–H and O–H groups in total. The van der Waals surface area contributed by atoms with Gasteiger partial charge in [-0.25, -0.2) is 4.39 Å². The molecule has 130 valence electrons. The summed E-state index contributed by atoms with van der Waals surface area (Å²) in [5.41, 5.74) is 0.0105. The lowest BCUT2D eigenvalue weighted by molar-refractivity contribution is -0.116. The molecule has 1 amide bonds. The second-order valence-electron chi connectivity index (χ2n) is 5.38. The standard InChI is InChI=1S/C16H16FN5O3/c1-22-14-12(9-18-22)15(24)21-16(20-14)19-13(23)6-3-7-25-11-5-2-4-10(17)8-11/h2,4-5,8-9H,3,6-7H2,1H3,(H2,19,20,21,23,24). The summed E-state index contributed by atoms with van der Waals surface area (Å²) in [6, 6.07) is 5.79. The molecule has 2 aromatic heterocycles. The van der Waals surface area contributed by atoms with Crippen LogP contribution in [0.3, 0.4) is 0 Å². The van der Waals surface area contributed by atoms with Crippen molar-refractivity contribution in [1.82, 2.24) is 19.7 Å². The van der Waals surface area contributed by atoms with E-state index in [-0.39, 0.29) is 36.3 Å². The molecular formula is C16H16FN5O3. The molecule has 0 spiro atoms. The Morgan fingerprint density at radius 3 is 3.08 bits per heavy atom. The highest BCUT2D eigenvalue weighted by molar-refractivity contribution is 5.89. The zero-order valence-corrected chi connectivity index (χ0v) is 13.5. The molecule has 0 unspecified atom stereocenters. The number of nitrogens with zero attached hydrogens (tertiary/aromatic N) is 3. The number of aryl methyl sites for hydroxylation is 1. The van der Waals surface area contributed by atoms with Gasteiger partial charge in [-0.3, -0.25) is 24.6 Å². The van der Waals surface area contributed by atoms with Crippen LogP contribution >= 0.6 is 0 Å². The Kier molecular flexibility index (Phi) is 4.73. The lowest BCUT2D eigenvalue weighted by Crippen LogP contribution is -2.19. The fourth-order valence-electron chi connectivity index (χ4n) is 2.27. The Hall–Kier alpha value is -3.23. The molecule has 25 heavy (non-hydrogen) atoms. The summed E-state index contributed by atoms with van der Waals surface area (Å²) in [6.07, 6.45) is 2.01. The summed E-state index contributed by atoms with van der Waals surface area (Å²) < 4.78 is 19.8. The number of benzene rings is 1. The van der Waals surface area contributed by atoms with Crippen molar-refractivity contribution < 1.29 is 13.9 Å². The number of hydrogen-bond donors (Lipinski definition) is 2. The summed E-state index contributed by atoms with van der Waals surface area (Å²) in [6.45, 7) is 0.265. The number of nitrogens with one attached hydrogen (secondary N) is 2. The van der Waals surface area contributed by atoms with Crippen LogP contribution < -0.4 is 15.6 Å². The fourth-order valence-corrected chi connectivity index (χ4v) is 2.27. The second kappa shape index (κ2) is 7.12. The molecule has 1 aromatic carbocycles. The van der Waals surface area contributed by atoms with E-state index < -0.39 is 0 Å². The number of H-pyrrole nitrogens is 1. The maximum atomic E-state index is 13.0. The summed E-state index contributed by atoms with van der Waals surface area (Å²) >= 11 is 0. The van der Waals surface area contributed by atoms with Crippen molar-refractivity contribution in [2.75, 3.05) is 11.9 Å². The Bertz CT molecular complexity index is 966. The van der Waals surface area contributed by atoms with Crippen LogP contribution in [0.5, 0.6) is 5.75 Å². The molecule has 0 fully saturated rings. The number of aromatic amines is 1. The van der Waals surface area contributed by atoms with E-state index in [0.29, 0.717) is 23.2 Å². The Morgan fingerprint density at radius 2 is 2.28 bits per heavy atom. The average Bonchev–Trinajstić information content (AvgIpc) is 2.94. The highest BCUT2D eigenvalue weighted by Gasteiger charge is 2.10. The number of halogens is 1. The molecule has 0 saturated carbocycles. The van der Waals surface area contributed by atoms with E-state index in [9.17, 15) is 14.0 Å². The molecule has 2 heterocycles. The SMILES string of the molecule is Cn1ncc2c(=O)[nH]c(NC(=O)CCCOc3cccc(F)c3)nc21. The Balaban J connectivity index is 1.52. The van der Waals surface area contributed by atoms with Crippen LogP contribution in [0.1, 0.15) is 12.8 Å². The topological polar surface area (TPSA) is 102 Å². The number of hydrogen-bond acceptors (Lipinski definition) is 5. The molecule has 0 aliphatic carbocycles. The smallest absolute Gasteiger partial charge is 0.263 e. The number of aromatic nitrogens is 4. The van der Waals surface area contributed by atoms with Crippen molar-refractivity contribution in [3.05, 3.63) is 46.6 Å². The van der Waals surface area contributed by atoms with Crippen molar-refractivity contribution in [2.24, 2.45) is 7.05 Å². The van der Waals surface area contributed by atoms with Crippen LogP contribution in [-0.4, -0.2) is 32.3 Å². The third kappa shape index (κ3) is 4.00. The molecule has 3 aromatic rings. The normalized spacial score (nSPS) is 10.8. The van der Waals surface area contributed by atoms with Gasteiger partial charge in [0, 0.05) is 19.5 Å². The van der Waals surface area contributed by atoms with Gasteiger partial charge < -0.3 is 4.74 Å². The van der Waals surface area contributed by atoms with Gasteiger partial charge in [0.1, 0.15) is 17.0 Å². The molecule has 0 bridgehead atoms. The molecule has 0 aliphatic rings. The van der Waals surface area contributed by atoms with E-state index >= 15 is 0 Å². The van der Waals surface area contributed by atoms with Gasteiger partial charge in [-0.2, -0.15) is 10.1 Å². The minimum Gasteiger partial charge on any atom is -0.493 e. The van der Waals surface area contributed by atoms with Crippen LogP contribution in [0.4, 0.5) is 10.3 Å². The predicted molar refractivity (Wildman–Crippen MR) is 88.9 cm³/mol. The van der Waals surface area contributed by atoms with Gasteiger partial charge in [0.15, 0.2) is 5.65 Å². The average molecular weight is 345 g/mol. The zero-order chi connectivity index (χ0) is 17.8. The quantitative estimate of drug-likeness (QED) is 0.661. The Labute approximate surface area is 141 Å². The fraction of sp³-hybridized carbons (Fsp3) is 0.250. The number of rotatable bonds is 6. The first-order chi connectivity index (χ1) is 12.0. The van der Waals surface area contributed by atoms with Gasteiger partial charge in [-0.15, -0.1) is 0 Å². The largest absolute Gasteiger partial charge is 0.493 e. The maximum Gasteiger partial charge on any atom is 0.263 e. The van der Waals surface area contributed by atoms with Gasteiger partial charge in [0.25, 0.3) is 5.56 Å². The van der Waals surface area contributed by atoms with Gasteiger partial charge in [0.05, 0.1) is 12.8 Å². The van der Waals surface area contributed by atoms with E-state index in [1.165, 1.54) is 23.0 Å². The van der Waals surface area contributed by atoms with Gasteiger partial charge in [-0.1, -0.05) is 6.07 Å². The van der Waals surface area contributed by atoms with Crippen LogP contribution in [0.25, 0.3) is 11.0 Å². The number of amides is 1. The molecular weight excluding hydrogens is 329 g/mol. The van der Waals surface area contributed by atoms with Gasteiger partial charge in [-0.05, 0) is 18.6 Å². The van der Waals surface area contributed by atoms with E-state index in [2.05, 4.69) is 20.4 Å². The lowest BCUT2D eigenvalue weighted by atomic mass is 10.3. The molecule has 0 atom stereocenters. The second-order valence-corrected chi connectivity index (χ2v) is 5.38. The lowest BCUT2D eigenvalue weighted by Gasteiger charge is -2.07. The van der Waals surface area contributed by atoms with Crippen LogP contribution in [-0.2, 0) is 11.8 Å². The van der Waals surface area contributed by atoms with Crippen LogP contribution in [0.2, 0.25) is 0 Å². The maximum absolute atomic E-state index is 13.0. The summed E-state index contributed by atoms with van der Waals surface area (Å²) in [5.74, 6) is -0.214. The molecule has 8 nitrogen and oxygen atoms in total. The monoisotopic (exact) mass is 345 g/mol. The summed E-state index contributed by atoms with van der Waals surface area (Å²) in [4.78, 5) is 30.5. The summed E-state index contributed by atoms with van der Waals surface area (Å²) in [7, 11) is 1.66. The number of carbonyl (C=O) groups is 1. The van der Waals surface area contributed by atoms with Gasteiger partial charge >= 0.3 is 0 Å². The molecule has 3 rings (SSSR count). The van der Waals surface area contributed by atoms with E-state index in [1.807, 2.05) is 0 Å². The molecule has 0 radical (unpaired) electrons. The Morgan fingerprint density at radius 1 is 1.44 bits per heavy atom. The third-order valence-electron chi connectivity index (χ3n) is 3.47. The van der Waals surface area contributed by atoms with E-state index in [4.69, 9.17) is 4.74 Å². The number of fused-ring (bicyclic) bond motifs is 1. The number of carbonyl (C=O) groups excluding carboxylic acids is 1. The van der Waals surface area contributed by atoms with Crippen molar-refractivity contribution >= 4 is 22.9 Å². The zero-order valence-electron chi connectivity index (χ0n) is 13.5. The number of ether oxygens (including phenoxy) is 1. The first-order valence-corrected chi connectivity index (χ1v) is 7.63. The van der Waals surface area contributed by atoms with Crippen LogP contribution in [0, 0.1) is 5.82 Å². The minimum absolute atomic E-state index is 0.0668. The van der Waals surface area contributed by atoms with Crippen molar-refractivity contribution in [3.8, 4) is 5.75 Å². The van der Waals surface area contributed by atoms with Crippen molar-refractivity contribution in [2.45, 2.75) is 12.8 Å². The van der Waals surface area contributed by atoms with Crippen molar-refractivity contribution in [1.29, 1.82) is 0 Å². The predicted octanol–water partition coefficient (Wildman–Crippen LogP) is 1.59. The van der Waals surface area contributed by atoms with E-state index in [0.717, 1.165) is 0 Å². The number of anilines is 1. The highest BCUT2D eigenvalue weighted by atomic mass is 19.1. The molecule has 0 aliphatic heterocycles. The van der Waals surface area contributed by atoms with Gasteiger partial charge in [0.2, 0.25) is 11.9 Å². The van der Waals surface area contributed by atoms with Crippen LogP contribution in [0.15, 0.2) is 35.3 Å². The minimum atomic E-state index is -0.379. The molecule has 9 heteroatoms. The summed E-state index contributed by atoms with van der Waals surface area (Å²) in [5, 5.41) is 6.84. The highest BCUT2D eigenvalue weighted by Crippen LogP contribution is 2.12.